The predicted molar refractivity (Wildman–Crippen MR) is 154 cm³/mol. The Morgan fingerprint density at radius 3 is 2.59 bits per heavy atom. The number of anilines is 1. The molecule has 1 amide bonds. The second kappa shape index (κ2) is 11.5. The van der Waals surface area contributed by atoms with Crippen molar-refractivity contribution >= 4 is 55.7 Å². The van der Waals surface area contributed by atoms with Crippen molar-refractivity contribution in [1.82, 2.24) is 4.98 Å². The van der Waals surface area contributed by atoms with Crippen LogP contribution < -0.4 is 14.4 Å². The summed E-state index contributed by atoms with van der Waals surface area (Å²) in [5, 5.41) is 12.2. The third-order valence-corrected chi connectivity index (χ3v) is 7.81. The van der Waals surface area contributed by atoms with Crippen LogP contribution in [0, 0.1) is 0 Å². The summed E-state index contributed by atoms with van der Waals surface area (Å²) in [7, 11) is 1.58. The van der Waals surface area contributed by atoms with E-state index in [2.05, 4.69) is 11.9 Å². The third-order valence-electron chi connectivity index (χ3n) is 6.54. The monoisotopic (exact) mass is 562 g/mol. The van der Waals surface area contributed by atoms with Crippen molar-refractivity contribution in [3.63, 3.8) is 0 Å². The van der Waals surface area contributed by atoms with Crippen LogP contribution in [-0.2, 0) is 9.59 Å². The number of nitrogens with zero attached hydrogens (tertiary/aromatic N) is 2. The molecule has 0 bridgehead atoms. The molecule has 0 radical (unpaired) electrons. The van der Waals surface area contributed by atoms with Crippen LogP contribution in [0.1, 0.15) is 43.4 Å². The number of methoxy groups -OCH3 is 1. The predicted octanol–water partition coefficient (Wildman–Crippen LogP) is 7.15. The number of aliphatic hydroxyl groups excluding tert-OH is 1. The molecule has 1 N–H and O–H groups in total. The number of aromatic nitrogens is 1. The van der Waals surface area contributed by atoms with Crippen LogP contribution in [0.2, 0.25) is 5.02 Å². The second-order valence-electron chi connectivity index (χ2n) is 9.13. The van der Waals surface area contributed by atoms with Gasteiger partial charge in [-0.1, -0.05) is 54.8 Å². The fourth-order valence-electron chi connectivity index (χ4n) is 4.55. The first-order chi connectivity index (χ1) is 18.9. The highest BCUT2D eigenvalue weighted by Crippen LogP contribution is 2.45. The largest absolute Gasteiger partial charge is 0.507 e. The molecule has 1 unspecified atom stereocenters. The number of carbonyl (C=O) groups excluding carboxylic acids is 2. The van der Waals surface area contributed by atoms with Crippen molar-refractivity contribution in [3.8, 4) is 11.5 Å². The summed E-state index contributed by atoms with van der Waals surface area (Å²) in [6, 6.07) is 18.2. The summed E-state index contributed by atoms with van der Waals surface area (Å²) in [4.78, 5) is 33.1. The van der Waals surface area contributed by atoms with E-state index in [-0.39, 0.29) is 11.3 Å². The summed E-state index contributed by atoms with van der Waals surface area (Å²) >= 11 is 7.31. The Kier molecular flexibility index (Phi) is 7.86. The number of Topliss-reactive ketones (excluding diaryl/α,β-unsaturated/α-hetero) is 1. The molecule has 39 heavy (non-hydrogen) atoms. The fraction of sp³-hybridized carbons (Fsp3) is 0.233. The number of benzene rings is 3. The van der Waals surface area contributed by atoms with Gasteiger partial charge in [0.1, 0.15) is 17.3 Å². The van der Waals surface area contributed by atoms with Crippen molar-refractivity contribution in [1.29, 1.82) is 0 Å². The standard InChI is InChI=1S/C30H27ClN2O5S/c1-3-4-5-15-38-22-8-6-7-19(16-22)26-25(27(34)18-9-11-20(31)12-10-18)28(35)29(36)33(26)30-32-23-14-13-21(37-2)17-24(23)39-30/h6-14,16-17,26,34H,3-5,15H2,1-2H3. The summed E-state index contributed by atoms with van der Waals surface area (Å²) in [6.45, 7) is 2.68. The molecule has 0 aliphatic carbocycles. The lowest BCUT2D eigenvalue weighted by atomic mass is 9.95. The van der Waals surface area contributed by atoms with Crippen LogP contribution in [-0.4, -0.2) is 35.5 Å². The quantitative estimate of drug-likeness (QED) is 0.101. The van der Waals surface area contributed by atoms with Crippen molar-refractivity contribution in [2.45, 2.75) is 32.2 Å². The molecule has 9 heteroatoms. The molecule has 1 aliphatic heterocycles. The van der Waals surface area contributed by atoms with Crippen molar-refractivity contribution in [2.75, 3.05) is 18.6 Å². The van der Waals surface area contributed by atoms with Gasteiger partial charge < -0.3 is 14.6 Å². The molecule has 3 aromatic carbocycles. The first-order valence-electron chi connectivity index (χ1n) is 12.7. The Labute approximate surface area is 235 Å². The molecule has 1 saturated heterocycles. The minimum atomic E-state index is -0.915. The normalized spacial score (nSPS) is 16.7. The van der Waals surface area contributed by atoms with Gasteiger partial charge in [-0.25, -0.2) is 4.98 Å². The molecule has 1 fully saturated rings. The molecule has 1 aromatic heterocycles. The average Bonchev–Trinajstić information content (AvgIpc) is 3.48. The van der Waals surface area contributed by atoms with Crippen LogP contribution in [0.4, 0.5) is 5.13 Å². The number of halogens is 1. The topological polar surface area (TPSA) is 89.0 Å². The van der Waals surface area contributed by atoms with Gasteiger partial charge in [0.05, 0.1) is 35.5 Å². The zero-order chi connectivity index (χ0) is 27.5. The second-order valence-corrected chi connectivity index (χ2v) is 10.6. The van der Waals surface area contributed by atoms with Gasteiger partial charge in [0.2, 0.25) is 0 Å². The third kappa shape index (κ3) is 5.35. The molecule has 1 atom stereocenters. The number of fused-ring (bicyclic) bond motifs is 1. The number of hydrogen-bond acceptors (Lipinski definition) is 7. The average molecular weight is 563 g/mol. The van der Waals surface area contributed by atoms with Crippen molar-refractivity contribution in [3.05, 3.63) is 88.5 Å². The summed E-state index contributed by atoms with van der Waals surface area (Å²) in [5.74, 6) is -0.564. The maximum absolute atomic E-state index is 13.5. The van der Waals surface area contributed by atoms with Gasteiger partial charge in [0, 0.05) is 10.6 Å². The highest BCUT2D eigenvalue weighted by molar-refractivity contribution is 7.22. The molecule has 0 spiro atoms. The molecule has 2 heterocycles. The lowest BCUT2D eigenvalue weighted by Gasteiger charge is -2.23. The minimum absolute atomic E-state index is 0.0257. The number of ether oxygens (including phenoxy) is 2. The van der Waals surface area contributed by atoms with Crippen LogP contribution in [0.3, 0.4) is 0 Å². The van der Waals surface area contributed by atoms with Gasteiger partial charge >= 0.3 is 5.91 Å². The van der Waals surface area contributed by atoms with E-state index in [1.165, 1.54) is 16.2 Å². The van der Waals surface area contributed by atoms with E-state index in [0.29, 0.717) is 44.9 Å². The molecule has 5 rings (SSSR count). The summed E-state index contributed by atoms with van der Waals surface area (Å²) < 4.78 is 12.1. The van der Waals surface area contributed by atoms with E-state index < -0.39 is 17.7 Å². The number of aliphatic hydroxyl groups is 1. The maximum atomic E-state index is 13.5. The van der Waals surface area contributed by atoms with E-state index >= 15 is 0 Å². The molecule has 1 aliphatic rings. The van der Waals surface area contributed by atoms with Crippen LogP contribution in [0.5, 0.6) is 11.5 Å². The van der Waals surface area contributed by atoms with Crippen molar-refractivity contribution in [2.24, 2.45) is 0 Å². The van der Waals surface area contributed by atoms with Crippen LogP contribution >= 0.6 is 22.9 Å². The smallest absolute Gasteiger partial charge is 0.301 e. The van der Waals surface area contributed by atoms with E-state index in [1.54, 1.807) is 49.6 Å². The Morgan fingerprint density at radius 1 is 1.05 bits per heavy atom. The van der Waals surface area contributed by atoms with Crippen LogP contribution in [0.25, 0.3) is 16.0 Å². The van der Waals surface area contributed by atoms with Gasteiger partial charge in [-0.15, -0.1) is 0 Å². The fourth-order valence-corrected chi connectivity index (χ4v) is 5.69. The summed E-state index contributed by atoms with van der Waals surface area (Å²) in [5.41, 5.74) is 1.64. The number of unbranched alkanes of at least 4 members (excludes halogenated alkanes) is 2. The Morgan fingerprint density at radius 2 is 1.85 bits per heavy atom. The lowest BCUT2D eigenvalue weighted by molar-refractivity contribution is -0.132. The Balaban J connectivity index is 1.64. The van der Waals surface area contributed by atoms with E-state index in [4.69, 9.17) is 21.1 Å². The first kappa shape index (κ1) is 26.7. The number of ketones is 1. The first-order valence-corrected chi connectivity index (χ1v) is 13.8. The Hall–Kier alpha value is -3.88. The highest BCUT2D eigenvalue weighted by atomic mass is 35.5. The van der Waals surface area contributed by atoms with E-state index in [0.717, 1.165) is 24.0 Å². The number of rotatable bonds is 9. The Bertz CT molecular complexity index is 1560. The van der Waals surface area contributed by atoms with Gasteiger partial charge in [-0.3, -0.25) is 14.5 Å². The zero-order valence-corrected chi connectivity index (χ0v) is 23.1. The van der Waals surface area contributed by atoms with Gasteiger partial charge in [0.25, 0.3) is 5.78 Å². The van der Waals surface area contributed by atoms with Gasteiger partial charge in [-0.2, -0.15) is 0 Å². The van der Waals surface area contributed by atoms with Gasteiger partial charge in [-0.05, 0) is 66.6 Å². The molecule has 200 valence electrons. The number of amides is 1. The SMILES string of the molecule is CCCCCOc1cccc(C2C(=C(O)c3ccc(Cl)cc3)C(=O)C(=O)N2c2nc3ccc(OC)cc3s2)c1. The molecule has 0 saturated carbocycles. The zero-order valence-electron chi connectivity index (χ0n) is 21.5. The number of hydrogen-bond donors (Lipinski definition) is 1. The molecule has 7 nitrogen and oxygen atoms in total. The minimum Gasteiger partial charge on any atom is -0.507 e. The number of thiazole rings is 1. The number of carbonyl (C=O) groups is 2. The lowest BCUT2D eigenvalue weighted by Crippen LogP contribution is -2.29. The highest BCUT2D eigenvalue weighted by Gasteiger charge is 2.48. The summed E-state index contributed by atoms with van der Waals surface area (Å²) in [6.07, 6.45) is 3.06. The van der Waals surface area contributed by atoms with Gasteiger partial charge in [0.15, 0.2) is 5.13 Å². The van der Waals surface area contributed by atoms with Crippen LogP contribution in [0.15, 0.2) is 72.3 Å². The molecular weight excluding hydrogens is 536 g/mol. The molecular formula is C30H27ClN2O5S. The maximum Gasteiger partial charge on any atom is 0.301 e. The van der Waals surface area contributed by atoms with Crippen molar-refractivity contribution < 1.29 is 24.2 Å². The van der Waals surface area contributed by atoms with E-state index in [1.807, 2.05) is 24.3 Å². The van der Waals surface area contributed by atoms with E-state index in [9.17, 15) is 14.7 Å². The molecule has 4 aromatic rings.